The van der Waals surface area contributed by atoms with Gasteiger partial charge in [0.15, 0.2) is 0 Å². The molecule has 3 rings (SSSR count). The largest absolute Gasteiger partial charge is 0.416 e. The minimum Gasteiger partial charge on any atom is -0.343 e. The number of pyridine rings is 1. The summed E-state index contributed by atoms with van der Waals surface area (Å²) >= 11 is 5.94. The van der Waals surface area contributed by atoms with Crippen LogP contribution in [0.4, 0.5) is 13.2 Å². The molecule has 0 aliphatic carbocycles. The van der Waals surface area contributed by atoms with Crippen LogP contribution in [0, 0.1) is 0 Å². The Labute approximate surface area is 167 Å². The number of rotatable bonds is 6. The Morgan fingerprint density at radius 3 is 2.43 bits per heavy atom. The lowest BCUT2D eigenvalue weighted by Crippen LogP contribution is -2.13. The van der Waals surface area contributed by atoms with Gasteiger partial charge in [-0.2, -0.15) is 13.2 Å². The van der Waals surface area contributed by atoms with E-state index >= 15 is 0 Å². The minimum atomic E-state index is -4.38. The molecule has 6 heteroatoms. The summed E-state index contributed by atoms with van der Waals surface area (Å²) in [7, 11) is 0. The quantitative estimate of drug-likeness (QED) is 0.418. The van der Waals surface area contributed by atoms with Gasteiger partial charge in [-0.05, 0) is 48.4 Å². The highest BCUT2D eigenvalue weighted by atomic mass is 35.5. The number of nitrogens with zero attached hydrogens (tertiary/aromatic N) is 2. The summed E-state index contributed by atoms with van der Waals surface area (Å²) in [5.41, 5.74) is 1.08. The molecule has 2 nitrogen and oxygen atoms in total. The van der Waals surface area contributed by atoms with Crippen molar-refractivity contribution in [3.63, 3.8) is 0 Å². The number of hydrogen-bond acceptors (Lipinski definition) is 1. The second-order valence-electron chi connectivity index (χ2n) is 6.77. The lowest BCUT2D eigenvalue weighted by atomic mass is 10.1. The lowest BCUT2D eigenvalue weighted by Gasteiger charge is -2.14. The smallest absolute Gasteiger partial charge is 0.343 e. The van der Waals surface area contributed by atoms with Gasteiger partial charge in [0.2, 0.25) is 0 Å². The van der Waals surface area contributed by atoms with E-state index in [0.717, 1.165) is 36.4 Å². The van der Waals surface area contributed by atoms with Gasteiger partial charge in [0, 0.05) is 29.7 Å². The molecule has 0 saturated carbocycles. The number of benzene rings is 2. The zero-order valence-corrected chi connectivity index (χ0v) is 16.4. The van der Waals surface area contributed by atoms with Crippen molar-refractivity contribution < 1.29 is 13.2 Å². The molecule has 1 heterocycles. The third-order valence-corrected chi connectivity index (χ3v) is 4.88. The molecule has 28 heavy (non-hydrogen) atoms. The van der Waals surface area contributed by atoms with E-state index in [9.17, 15) is 13.2 Å². The second-order valence-corrected chi connectivity index (χ2v) is 7.21. The molecule has 148 valence electrons. The van der Waals surface area contributed by atoms with Crippen molar-refractivity contribution in [2.75, 3.05) is 6.54 Å². The standard InChI is InChI=1S/C22H22ClF3N2/c1-2-3-4-12-27-20-11-13-28(15-16-5-8-18(23)9-6-16)21-10-7-17(14-19(20)21)22(24,25)26/h5-11,13-14H,2-4,12,15H2,1H3. The van der Waals surface area contributed by atoms with E-state index in [0.29, 0.717) is 28.9 Å². The molecular weight excluding hydrogens is 385 g/mol. The van der Waals surface area contributed by atoms with Crippen molar-refractivity contribution in [1.29, 1.82) is 0 Å². The molecule has 2 aromatic carbocycles. The van der Waals surface area contributed by atoms with E-state index in [2.05, 4.69) is 11.9 Å². The van der Waals surface area contributed by atoms with Crippen LogP contribution in [-0.2, 0) is 12.7 Å². The van der Waals surface area contributed by atoms with Crippen molar-refractivity contribution in [3.8, 4) is 0 Å². The molecule has 0 spiro atoms. The fourth-order valence-electron chi connectivity index (χ4n) is 3.12. The Bertz CT molecular complexity index is 1000. The first-order valence-electron chi connectivity index (χ1n) is 9.34. The van der Waals surface area contributed by atoms with Crippen molar-refractivity contribution in [3.05, 3.63) is 76.2 Å². The lowest BCUT2D eigenvalue weighted by molar-refractivity contribution is -0.137. The molecule has 0 aliphatic rings. The molecule has 0 amide bonds. The van der Waals surface area contributed by atoms with Gasteiger partial charge in [-0.25, -0.2) is 0 Å². The highest BCUT2D eigenvalue weighted by Crippen LogP contribution is 2.30. The van der Waals surface area contributed by atoms with Crippen molar-refractivity contribution in [1.82, 2.24) is 4.57 Å². The Hall–Kier alpha value is -2.27. The SMILES string of the molecule is CCCCCN=c1ccn(Cc2ccc(Cl)cc2)c2ccc(C(F)(F)F)cc12. The molecule has 0 fully saturated rings. The van der Waals surface area contributed by atoms with E-state index in [1.165, 1.54) is 12.1 Å². The van der Waals surface area contributed by atoms with E-state index in [1.807, 2.05) is 22.9 Å². The molecule has 1 aromatic heterocycles. The zero-order valence-electron chi connectivity index (χ0n) is 15.6. The fraction of sp³-hybridized carbons (Fsp3) is 0.318. The molecule has 0 bridgehead atoms. The molecule has 0 unspecified atom stereocenters. The first kappa shape index (κ1) is 20.5. The maximum Gasteiger partial charge on any atom is 0.416 e. The molecule has 0 atom stereocenters. The van der Waals surface area contributed by atoms with Gasteiger partial charge in [0.1, 0.15) is 0 Å². The van der Waals surface area contributed by atoms with Crippen LogP contribution in [0.3, 0.4) is 0 Å². The molecule has 3 aromatic rings. The number of fused-ring (bicyclic) bond motifs is 1. The third-order valence-electron chi connectivity index (χ3n) is 4.63. The summed E-state index contributed by atoms with van der Waals surface area (Å²) in [6, 6.07) is 13.1. The van der Waals surface area contributed by atoms with Gasteiger partial charge in [0.05, 0.1) is 16.4 Å². The Morgan fingerprint density at radius 2 is 1.75 bits per heavy atom. The zero-order chi connectivity index (χ0) is 20.1. The molecule has 0 aliphatic heterocycles. The van der Waals surface area contributed by atoms with Crippen LogP contribution in [-0.4, -0.2) is 11.1 Å². The second kappa shape index (κ2) is 8.82. The average Bonchev–Trinajstić information content (AvgIpc) is 2.67. The van der Waals surface area contributed by atoms with E-state index in [1.54, 1.807) is 18.2 Å². The van der Waals surface area contributed by atoms with Gasteiger partial charge >= 0.3 is 6.18 Å². The van der Waals surface area contributed by atoms with Gasteiger partial charge in [0.25, 0.3) is 0 Å². The van der Waals surface area contributed by atoms with Crippen LogP contribution in [0.5, 0.6) is 0 Å². The van der Waals surface area contributed by atoms with E-state index in [4.69, 9.17) is 11.6 Å². The number of aromatic nitrogens is 1. The molecule has 0 N–H and O–H groups in total. The maximum atomic E-state index is 13.2. The summed E-state index contributed by atoms with van der Waals surface area (Å²) in [5, 5.41) is 1.77. The summed E-state index contributed by atoms with van der Waals surface area (Å²) < 4.78 is 41.6. The first-order valence-corrected chi connectivity index (χ1v) is 9.71. The summed E-state index contributed by atoms with van der Waals surface area (Å²) in [5.74, 6) is 0. The Balaban J connectivity index is 2.07. The van der Waals surface area contributed by atoms with E-state index in [-0.39, 0.29) is 0 Å². The van der Waals surface area contributed by atoms with Crippen LogP contribution >= 0.6 is 11.6 Å². The van der Waals surface area contributed by atoms with Gasteiger partial charge < -0.3 is 4.57 Å². The van der Waals surface area contributed by atoms with Crippen molar-refractivity contribution >= 4 is 22.5 Å². The van der Waals surface area contributed by atoms with Crippen molar-refractivity contribution in [2.24, 2.45) is 4.99 Å². The predicted molar refractivity (Wildman–Crippen MR) is 107 cm³/mol. The Kier molecular flexibility index (Phi) is 6.45. The van der Waals surface area contributed by atoms with Gasteiger partial charge in [-0.3, -0.25) is 4.99 Å². The van der Waals surface area contributed by atoms with Crippen LogP contribution in [0.25, 0.3) is 10.9 Å². The normalized spacial score (nSPS) is 12.7. The maximum absolute atomic E-state index is 13.2. The number of unbranched alkanes of at least 4 members (excludes halogenated alkanes) is 2. The summed E-state index contributed by atoms with van der Waals surface area (Å²) in [4.78, 5) is 4.56. The summed E-state index contributed by atoms with van der Waals surface area (Å²) in [6.07, 6.45) is 0.549. The van der Waals surface area contributed by atoms with Gasteiger partial charge in [-0.1, -0.05) is 43.5 Å². The summed E-state index contributed by atoms with van der Waals surface area (Å²) in [6.45, 7) is 3.25. The molecule has 0 saturated heterocycles. The fourth-order valence-corrected chi connectivity index (χ4v) is 3.25. The van der Waals surface area contributed by atoms with E-state index < -0.39 is 11.7 Å². The average molecular weight is 407 g/mol. The predicted octanol–water partition coefficient (Wildman–Crippen LogP) is 6.45. The highest BCUT2D eigenvalue weighted by Gasteiger charge is 2.30. The van der Waals surface area contributed by atoms with Crippen LogP contribution in [0.1, 0.15) is 37.3 Å². The van der Waals surface area contributed by atoms with Crippen LogP contribution in [0.15, 0.2) is 59.7 Å². The number of halogens is 4. The minimum absolute atomic E-state index is 0.516. The van der Waals surface area contributed by atoms with Crippen LogP contribution < -0.4 is 5.36 Å². The topological polar surface area (TPSA) is 17.3 Å². The molecular formula is C22H22ClF3N2. The highest BCUT2D eigenvalue weighted by molar-refractivity contribution is 6.30. The monoisotopic (exact) mass is 406 g/mol. The third kappa shape index (κ3) is 4.96. The van der Waals surface area contributed by atoms with Crippen LogP contribution in [0.2, 0.25) is 5.02 Å². The van der Waals surface area contributed by atoms with Crippen molar-refractivity contribution in [2.45, 2.75) is 38.9 Å². The van der Waals surface area contributed by atoms with Gasteiger partial charge in [-0.15, -0.1) is 0 Å². The first-order chi connectivity index (χ1) is 13.4. The Morgan fingerprint density at radius 1 is 1.00 bits per heavy atom. The number of hydrogen-bond donors (Lipinski definition) is 0. The number of alkyl halides is 3. The molecule has 0 radical (unpaired) electrons.